The third-order valence-electron chi connectivity index (χ3n) is 3.76. The maximum Gasteiger partial charge on any atom is 0.233 e. The largest absolute Gasteiger partial charge is 0.384 e. The Bertz CT molecular complexity index is 459. The van der Waals surface area contributed by atoms with E-state index in [1.54, 1.807) is 20.1 Å². The fourth-order valence-corrected chi connectivity index (χ4v) is 2.69. The number of anilines is 1. The Morgan fingerprint density at radius 3 is 2.70 bits per heavy atom. The van der Waals surface area contributed by atoms with Gasteiger partial charge in [-0.25, -0.2) is 4.39 Å². The van der Waals surface area contributed by atoms with Crippen LogP contribution < -0.4 is 10.6 Å². The van der Waals surface area contributed by atoms with E-state index in [2.05, 4.69) is 10.6 Å². The molecule has 4 nitrogen and oxygen atoms in total. The van der Waals surface area contributed by atoms with E-state index >= 15 is 0 Å². The highest BCUT2D eigenvalue weighted by Crippen LogP contribution is 2.31. The van der Waals surface area contributed by atoms with E-state index in [1.807, 2.05) is 0 Å². The topological polar surface area (TPSA) is 50.4 Å². The summed E-state index contributed by atoms with van der Waals surface area (Å²) >= 11 is 0. The molecule has 0 saturated carbocycles. The summed E-state index contributed by atoms with van der Waals surface area (Å²) < 4.78 is 18.6. The smallest absolute Gasteiger partial charge is 0.233 e. The van der Waals surface area contributed by atoms with Crippen LogP contribution in [0.1, 0.15) is 18.4 Å². The summed E-state index contributed by atoms with van der Waals surface area (Å²) in [5, 5.41) is 6.07. The van der Waals surface area contributed by atoms with Crippen LogP contribution in [0, 0.1) is 18.2 Å². The molecule has 0 atom stereocenters. The number of nitrogens with one attached hydrogen (secondary N) is 2. The molecule has 2 rings (SSSR count). The molecular formula is C15H21FN2O2. The van der Waals surface area contributed by atoms with Gasteiger partial charge in [0.25, 0.3) is 0 Å². The van der Waals surface area contributed by atoms with Crippen LogP contribution in [0.4, 0.5) is 10.1 Å². The second-order valence-corrected chi connectivity index (χ2v) is 5.43. The van der Waals surface area contributed by atoms with Crippen molar-refractivity contribution in [3.05, 3.63) is 29.6 Å². The number of methoxy groups -OCH3 is 1. The van der Waals surface area contributed by atoms with Crippen LogP contribution in [-0.2, 0) is 9.53 Å². The third kappa shape index (κ3) is 3.35. The number of aryl methyl sites for hydroxylation is 1. The van der Waals surface area contributed by atoms with Crippen molar-refractivity contribution in [2.24, 2.45) is 5.41 Å². The Kier molecular flexibility index (Phi) is 4.73. The summed E-state index contributed by atoms with van der Waals surface area (Å²) in [5.41, 5.74) is 0.758. The van der Waals surface area contributed by atoms with Crippen molar-refractivity contribution in [2.45, 2.75) is 19.8 Å². The van der Waals surface area contributed by atoms with Gasteiger partial charge in [-0.3, -0.25) is 4.79 Å². The summed E-state index contributed by atoms with van der Waals surface area (Å²) in [6, 6.07) is 4.54. The van der Waals surface area contributed by atoms with Gasteiger partial charge in [-0.15, -0.1) is 0 Å². The van der Waals surface area contributed by atoms with Crippen LogP contribution in [0.15, 0.2) is 18.2 Å². The second kappa shape index (κ2) is 6.33. The van der Waals surface area contributed by atoms with E-state index in [-0.39, 0.29) is 11.7 Å². The van der Waals surface area contributed by atoms with Crippen molar-refractivity contribution in [1.82, 2.24) is 5.32 Å². The molecule has 1 aromatic carbocycles. The number of benzene rings is 1. The fourth-order valence-electron chi connectivity index (χ4n) is 2.69. The van der Waals surface area contributed by atoms with Crippen molar-refractivity contribution in [1.29, 1.82) is 0 Å². The lowest BCUT2D eigenvalue weighted by molar-refractivity contribution is -0.130. The average Bonchev–Trinajstić information content (AvgIpc) is 2.38. The third-order valence-corrected chi connectivity index (χ3v) is 3.76. The molecule has 0 unspecified atom stereocenters. The Labute approximate surface area is 118 Å². The maximum atomic E-state index is 13.4. The van der Waals surface area contributed by atoms with Crippen LogP contribution in [0.5, 0.6) is 0 Å². The summed E-state index contributed by atoms with van der Waals surface area (Å²) in [7, 11) is 1.60. The lowest BCUT2D eigenvalue weighted by Gasteiger charge is -2.35. The summed E-state index contributed by atoms with van der Waals surface area (Å²) in [6.07, 6.45) is 1.45. The first kappa shape index (κ1) is 14.9. The molecule has 0 aromatic heterocycles. The molecule has 0 aliphatic carbocycles. The number of halogens is 1. The lowest BCUT2D eigenvalue weighted by Crippen LogP contribution is -2.47. The standard InChI is InChI=1S/C15H21FN2O2/c1-11-7-12(16)9-13(8-11)18-14(19)15(10-20-2)3-5-17-6-4-15/h7-9,17H,3-6,10H2,1-2H3,(H,18,19). The zero-order chi connectivity index (χ0) is 14.6. The molecule has 0 radical (unpaired) electrons. The minimum Gasteiger partial charge on any atom is -0.384 e. The molecule has 20 heavy (non-hydrogen) atoms. The molecule has 2 N–H and O–H groups in total. The van der Waals surface area contributed by atoms with E-state index in [4.69, 9.17) is 4.74 Å². The van der Waals surface area contributed by atoms with Crippen molar-refractivity contribution >= 4 is 11.6 Å². The van der Waals surface area contributed by atoms with Crippen molar-refractivity contribution < 1.29 is 13.9 Å². The molecule has 110 valence electrons. The van der Waals surface area contributed by atoms with Gasteiger partial charge in [0.15, 0.2) is 0 Å². The molecule has 1 aliphatic heterocycles. The monoisotopic (exact) mass is 280 g/mol. The number of ether oxygens (including phenoxy) is 1. The molecule has 1 heterocycles. The predicted octanol–water partition coefficient (Wildman–Crippen LogP) is 2.09. The van der Waals surface area contributed by atoms with Gasteiger partial charge in [0.1, 0.15) is 5.82 Å². The average molecular weight is 280 g/mol. The van der Waals surface area contributed by atoms with Gasteiger partial charge in [0, 0.05) is 12.8 Å². The van der Waals surface area contributed by atoms with Crippen LogP contribution in [0.2, 0.25) is 0 Å². The first-order valence-corrected chi connectivity index (χ1v) is 6.84. The van der Waals surface area contributed by atoms with Gasteiger partial charge >= 0.3 is 0 Å². The van der Waals surface area contributed by atoms with Crippen LogP contribution in [-0.4, -0.2) is 32.7 Å². The summed E-state index contributed by atoms with van der Waals surface area (Å²) in [5.74, 6) is -0.433. The Morgan fingerprint density at radius 2 is 2.10 bits per heavy atom. The molecule has 0 bridgehead atoms. The molecule has 1 aliphatic rings. The lowest BCUT2D eigenvalue weighted by atomic mass is 9.78. The van der Waals surface area contributed by atoms with Gasteiger partial charge < -0.3 is 15.4 Å². The molecule has 5 heteroatoms. The van der Waals surface area contributed by atoms with Gasteiger partial charge in [0.2, 0.25) is 5.91 Å². The number of carbonyl (C=O) groups is 1. The van der Waals surface area contributed by atoms with Crippen LogP contribution in [0.3, 0.4) is 0 Å². The number of hydrogen-bond acceptors (Lipinski definition) is 3. The fraction of sp³-hybridized carbons (Fsp3) is 0.533. The van der Waals surface area contributed by atoms with Gasteiger partial charge in [0.05, 0.1) is 12.0 Å². The SMILES string of the molecule is COCC1(C(=O)Nc2cc(C)cc(F)c2)CCNCC1. The second-order valence-electron chi connectivity index (χ2n) is 5.43. The first-order chi connectivity index (χ1) is 9.55. The van der Waals surface area contributed by atoms with Gasteiger partial charge in [-0.1, -0.05) is 0 Å². The van der Waals surface area contributed by atoms with E-state index in [1.165, 1.54) is 12.1 Å². The molecule has 0 spiro atoms. The minimum atomic E-state index is -0.528. The highest BCUT2D eigenvalue weighted by atomic mass is 19.1. The van der Waals surface area contributed by atoms with E-state index in [0.29, 0.717) is 12.3 Å². The van der Waals surface area contributed by atoms with Crippen LogP contribution in [0.25, 0.3) is 0 Å². The van der Waals surface area contributed by atoms with E-state index in [9.17, 15) is 9.18 Å². The highest BCUT2D eigenvalue weighted by Gasteiger charge is 2.39. The number of amides is 1. The Morgan fingerprint density at radius 1 is 1.40 bits per heavy atom. The van der Waals surface area contributed by atoms with E-state index in [0.717, 1.165) is 31.5 Å². The number of piperidine rings is 1. The van der Waals surface area contributed by atoms with Crippen molar-refractivity contribution in [2.75, 3.05) is 32.1 Å². The number of rotatable bonds is 4. The zero-order valence-corrected chi connectivity index (χ0v) is 12.0. The van der Waals surface area contributed by atoms with E-state index < -0.39 is 5.41 Å². The maximum absolute atomic E-state index is 13.4. The van der Waals surface area contributed by atoms with Gasteiger partial charge in [-0.05, 0) is 56.6 Å². The van der Waals surface area contributed by atoms with Crippen LogP contribution >= 0.6 is 0 Å². The predicted molar refractivity (Wildman–Crippen MR) is 76.2 cm³/mol. The molecule has 1 aromatic rings. The molecular weight excluding hydrogens is 259 g/mol. The zero-order valence-electron chi connectivity index (χ0n) is 12.0. The highest BCUT2D eigenvalue weighted by molar-refractivity contribution is 5.95. The molecule has 1 amide bonds. The normalized spacial score (nSPS) is 17.8. The summed E-state index contributed by atoms with van der Waals surface area (Å²) in [6.45, 7) is 3.76. The quantitative estimate of drug-likeness (QED) is 0.888. The minimum absolute atomic E-state index is 0.0918. The molecule has 1 saturated heterocycles. The Hall–Kier alpha value is -1.46. The number of hydrogen-bond donors (Lipinski definition) is 2. The number of carbonyl (C=O) groups excluding carboxylic acids is 1. The Balaban J connectivity index is 2.15. The summed E-state index contributed by atoms with van der Waals surface area (Å²) in [4.78, 5) is 12.6. The first-order valence-electron chi connectivity index (χ1n) is 6.84. The van der Waals surface area contributed by atoms with Gasteiger partial charge in [-0.2, -0.15) is 0 Å². The van der Waals surface area contributed by atoms with Crippen molar-refractivity contribution in [3.63, 3.8) is 0 Å². The van der Waals surface area contributed by atoms with Crippen molar-refractivity contribution in [3.8, 4) is 0 Å². The molecule has 1 fully saturated rings.